The van der Waals surface area contributed by atoms with Crippen LogP contribution < -0.4 is 0 Å². The molecule has 1 aliphatic heterocycles. The molecule has 3 rings (SSSR count). The number of benzene rings is 1. The average Bonchev–Trinajstić information content (AvgIpc) is 2.53. The third-order valence-electron chi connectivity index (χ3n) is 4.34. The molecule has 3 nitrogen and oxygen atoms in total. The molecule has 1 fully saturated rings. The summed E-state index contributed by atoms with van der Waals surface area (Å²) < 4.78 is 11.1. The van der Waals surface area contributed by atoms with Gasteiger partial charge in [-0.2, -0.15) is 0 Å². The van der Waals surface area contributed by atoms with Gasteiger partial charge >= 0.3 is 5.97 Å². The van der Waals surface area contributed by atoms with Crippen molar-refractivity contribution < 1.29 is 14.3 Å². The first-order valence-corrected chi connectivity index (χ1v) is 7.70. The molecule has 2 unspecified atom stereocenters. The second-order valence-electron chi connectivity index (χ2n) is 5.76. The van der Waals surface area contributed by atoms with E-state index in [1.54, 1.807) is 0 Å². The Morgan fingerprint density at radius 1 is 1.20 bits per heavy atom. The van der Waals surface area contributed by atoms with Crippen molar-refractivity contribution in [1.82, 2.24) is 0 Å². The van der Waals surface area contributed by atoms with Crippen LogP contribution in [0.25, 0.3) is 0 Å². The highest BCUT2D eigenvalue weighted by molar-refractivity contribution is 5.79. The molecular formula is C17H22O3. The smallest absolute Gasteiger partial charge is 0.313 e. The van der Waals surface area contributed by atoms with Crippen LogP contribution in [-0.2, 0) is 20.7 Å². The molecule has 108 valence electrons. The molecular weight excluding hydrogens is 252 g/mol. The zero-order valence-corrected chi connectivity index (χ0v) is 11.8. The second kappa shape index (κ2) is 6.40. The van der Waals surface area contributed by atoms with Crippen molar-refractivity contribution in [1.29, 1.82) is 0 Å². The summed E-state index contributed by atoms with van der Waals surface area (Å²) in [4.78, 5) is 12.3. The Labute approximate surface area is 120 Å². The maximum absolute atomic E-state index is 12.3. The van der Waals surface area contributed by atoms with Crippen molar-refractivity contribution in [3.05, 3.63) is 35.4 Å². The molecule has 20 heavy (non-hydrogen) atoms. The zero-order valence-electron chi connectivity index (χ0n) is 11.8. The Hall–Kier alpha value is -1.35. The summed E-state index contributed by atoms with van der Waals surface area (Å²) in [5.74, 6) is -0.158. The zero-order chi connectivity index (χ0) is 13.8. The van der Waals surface area contributed by atoms with E-state index in [1.165, 1.54) is 12.0 Å². The van der Waals surface area contributed by atoms with Crippen LogP contribution in [-0.4, -0.2) is 25.3 Å². The van der Waals surface area contributed by atoms with Gasteiger partial charge in [0.05, 0.1) is 12.0 Å². The number of hydrogen-bond donors (Lipinski definition) is 0. The van der Waals surface area contributed by atoms with Gasteiger partial charge in [0.1, 0.15) is 6.61 Å². The van der Waals surface area contributed by atoms with Gasteiger partial charge in [0.2, 0.25) is 0 Å². The summed E-state index contributed by atoms with van der Waals surface area (Å²) in [6, 6.07) is 8.24. The molecule has 0 aromatic heterocycles. The third kappa shape index (κ3) is 3.04. The largest absolute Gasteiger partial charge is 0.462 e. The Kier molecular flexibility index (Phi) is 4.36. The fourth-order valence-corrected chi connectivity index (χ4v) is 3.21. The van der Waals surface area contributed by atoms with Crippen molar-refractivity contribution >= 4 is 5.97 Å². The van der Waals surface area contributed by atoms with Gasteiger partial charge in [0, 0.05) is 6.61 Å². The molecule has 0 N–H and O–H groups in total. The van der Waals surface area contributed by atoms with Crippen LogP contribution >= 0.6 is 0 Å². The van der Waals surface area contributed by atoms with Crippen molar-refractivity contribution in [2.45, 2.75) is 50.5 Å². The third-order valence-corrected chi connectivity index (χ3v) is 4.34. The van der Waals surface area contributed by atoms with Gasteiger partial charge in [-0.3, -0.25) is 4.79 Å². The van der Waals surface area contributed by atoms with Crippen LogP contribution in [0, 0.1) is 0 Å². The van der Waals surface area contributed by atoms with E-state index in [0.717, 1.165) is 44.3 Å². The van der Waals surface area contributed by atoms with E-state index in [-0.39, 0.29) is 18.0 Å². The number of ether oxygens (including phenoxy) is 2. The number of aryl methyl sites for hydroxylation is 1. The molecule has 0 bridgehead atoms. The normalized spacial score (nSPS) is 25.8. The lowest BCUT2D eigenvalue weighted by Gasteiger charge is -2.26. The predicted octanol–water partition coefficient (Wildman–Crippen LogP) is 3.22. The molecule has 3 heteroatoms. The summed E-state index contributed by atoms with van der Waals surface area (Å²) in [7, 11) is 0. The minimum absolute atomic E-state index is 0.0775. The molecule has 0 amide bonds. The maximum Gasteiger partial charge on any atom is 0.313 e. The van der Waals surface area contributed by atoms with Crippen LogP contribution in [0.15, 0.2) is 24.3 Å². The first-order valence-electron chi connectivity index (χ1n) is 7.70. The molecule has 1 saturated heterocycles. The Bertz CT molecular complexity index is 463. The van der Waals surface area contributed by atoms with Gasteiger partial charge in [-0.1, -0.05) is 24.3 Å². The summed E-state index contributed by atoms with van der Waals surface area (Å²) in [6.45, 7) is 1.21. The molecule has 0 saturated carbocycles. The van der Waals surface area contributed by atoms with Gasteiger partial charge in [-0.15, -0.1) is 0 Å². The summed E-state index contributed by atoms with van der Waals surface area (Å²) in [5.41, 5.74) is 2.46. The molecule has 2 atom stereocenters. The quantitative estimate of drug-likeness (QED) is 0.794. The van der Waals surface area contributed by atoms with E-state index in [1.807, 2.05) is 12.1 Å². The first kappa shape index (κ1) is 13.6. The standard InChI is InChI=1S/C17H22O3/c18-17(20-12-14-8-3-4-11-19-14)16-10-5-7-13-6-1-2-9-15(13)16/h1-2,6,9,14,16H,3-5,7-8,10-12H2. The second-order valence-corrected chi connectivity index (χ2v) is 5.76. The van der Waals surface area contributed by atoms with E-state index < -0.39 is 0 Å². The lowest BCUT2D eigenvalue weighted by molar-refractivity contribution is -0.151. The number of fused-ring (bicyclic) bond motifs is 1. The maximum atomic E-state index is 12.3. The monoisotopic (exact) mass is 274 g/mol. The molecule has 1 aromatic rings. The van der Waals surface area contributed by atoms with E-state index in [2.05, 4.69) is 12.1 Å². The highest BCUT2D eigenvalue weighted by Crippen LogP contribution is 2.32. The first-order chi connectivity index (χ1) is 9.84. The van der Waals surface area contributed by atoms with E-state index in [9.17, 15) is 4.79 Å². The topological polar surface area (TPSA) is 35.5 Å². The van der Waals surface area contributed by atoms with Crippen LogP contribution in [0.2, 0.25) is 0 Å². The molecule has 1 aromatic carbocycles. The van der Waals surface area contributed by atoms with E-state index in [4.69, 9.17) is 9.47 Å². The fraction of sp³-hybridized carbons (Fsp3) is 0.588. The van der Waals surface area contributed by atoms with Gasteiger partial charge < -0.3 is 9.47 Å². The van der Waals surface area contributed by atoms with Gasteiger partial charge in [-0.05, 0) is 49.7 Å². The fourth-order valence-electron chi connectivity index (χ4n) is 3.21. The van der Waals surface area contributed by atoms with E-state index in [0.29, 0.717) is 6.61 Å². The van der Waals surface area contributed by atoms with E-state index >= 15 is 0 Å². The molecule has 0 radical (unpaired) electrons. The Balaban J connectivity index is 1.60. The van der Waals surface area contributed by atoms with Crippen LogP contribution in [0.1, 0.15) is 49.1 Å². The number of carbonyl (C=O) groups excluding carboxylic acids is 1. The predicted molar refractivity (Wildman–Crippen MR) is 76.7 cm³/mol. The molecule has 2 aliphatic rings. The number of carbonyl (C=O) groups is 1. The number of esters is 1. The Morgan fingerprint density at radius 3 is 2.95 bits per heavy atom. The Morgan fingerprint density at radius 2 is 2.10 bits per heavy atom. The van der Waals surface area contributed by atoms with Crippen molar-refractivity contribution in [3.63, 3.8) is 0 Å². The molecule has 1 heterocycles. The minimum atomic E-state index is -0.0801. The summed E-state index contributed by atoms with van der Waals surface area (Å²) in [5, 5.41) is 0. The van der Waals surface area contributed by atoms with Gasteiger partial charge in [0.15, 0.2) is 0 Å². The van der Waals surface area contributed by atoms with Gasteiger partial charge in [-0.25, -0.2) is 0 Å². The van der Waals surface area contributed by atoms with Crippen LogP contribution in [0.3, 0.4) is 0 Å². The van der Waals surface area contributed by atoms with Crippen molar-refractivity contribution in [2.24, 2.45) is 0 Å². The number of rotatable bonds is 3. The summed E-state index contributed by atoms with van der Waals surface area (Å²) >= 11 is 0. The SMILES string of the molecule is O=C(OCC1CCCCO1)C1CCCc2ccccc21. The van der Waals surface area contributed by atoms with Gasteiger partial charge in [0.25, 0.3) is 0 Å². The molecule has 0 spiro atoms. The lowest BCUT2D eigenvalue weighted by Crippen LogP contribution is -2.28. The van der Waals surface area contributed by atoms with Crippen molar-refractivity contribution in [2.75, 3.05) is 13.2 Å². The highest BCUT2D eigenvalue weighted by atomic mass is 16.6. The lowest BCUT2D eigenvalue weighted by atomic mass is 9.83. The van der Waals surface area contributed by atoms with Crippen LogP contribution in [0.4, 0.5) is 0 Å². The van der Waals surface area contributed by atoms with Crippen LogP contribution in [0.5, 0.6) is 0 Å². The summed E-state index contributed by atoms with van der Waals surface area (Å²) in [6.07, 6.45) is 6.46. The molecule has 1 aliphatic carbocycles. The highest BCUT2D eigenvalue weighted by Gasteiger charge is 2.28. The average molecular weight is 274 g/mol. The number of hydrogen-bond acceptors (Lipinski definition) is 3. The van der Waals surface area contributed by atoms with Crippen molar-refractivity contribution in [3.8, 4) is 0 Å². The minimum Gasteiger partial charge on any atom is -0.462 e.